The first-order valence-electron chi connectivity index (χ1n) is 8.94. The van der Waals surface area contributed by atoms with Gasteiger partial charge in [-0.15, -0.1) is 10.2 Å². The van der Waals surface area contributed by atoms with E-state index in [2.05, 4.69) is 25.5 Å². The van der Waals surface area contributed by atoms with Crippen LogP contribution in [-0.4, -0.2) is 76.8 Å². The first-order valence-corrected chi connectivity index (χ1v) is 8.94. The van der Waals surface area contributed by atoms with Crippen LogP contribution in [0.2, 0.25) is 0 Å². The van der Waals surface area contributed by atoms with Gasteiger partial charge in [0.1, 0.15) is 0 Å². The minimum Gasteiger partial charge on any atom is -0.480 e. The van der Waals surface area contributed by atoms with Gasteiger partial charge in [-0.2, -0.15) is 18.3 Å². The van der Waals surface area contributed by atoms with Crippen LogP contribution >= 0.6 is 0 Å². The maximum Gasteiger partial charge on any atom is 0.434 e. The number of nitrogens with zero attached hydrogens (tertiary/aromatic N) is 5. The number of halogens is 3. The van der Waals surface area contributed by atoms with Crippen LogP contribution in [0.1, 0.15) is 23.0 Å². The smallest absolute Gasteiger partial charge is 0.434 e. The Hall–Kier alpha value is -2.73. The lowest BCUT2D eigenvalue weighted by Crippen LogP contribution is -2.46. The molecule has 0 spiro atoms. The number of hydrogen-bond acceptors (Lipinski definition) is 7. The second-order valence-electron chi connectivity index (χ2n) is 6.54. The summed E-state index contributed by atoms with van der Waals surface area (Å²) in [5.74, 6) is -0.895. The molecule has 1 aliphatic heterocycles. The fourth-order valence-corrected chi connectivity index (χ4v) is 3.01. The third-order valence-electron chi connectivity index (χ3n) is 4.35. The van der Waals surface area contributed by atoms with Gasteiger partial charge in [0.05, 0.1) is 32.1 Å². The van der Waals surface area contributed by atoms with Crippen molar-refractivity contribution in [2.45, 2.75) is 19.1 Å². The van der Waals surface area contributed by atoms with Crippen molar-refractivity contribution < 1.29 is 27.4 Å². The van der Waals surface area contributed by atoms with Crippen LogP contribution in [0.3, 0.4) is 0 Å². The number of methoxy groups -OCH3 is 1. The molecule has 1 N–H and O–H groups in total. The first kappa shape index (κ1) is 21.0. The molecule has 1 atom stereocenters. The summed E-state index contributed by atoms with van der Waals surface area (Å²) in [4.78, 5) is 14.6. The molecule has 2 aromatic rings. The number of nitrogens with one attached hydrogen (secondary N) is 1. The zero-order valence-corrected chi connectivity index (χ0v) is 15.9. The molecular formula is C17H21F3N6O3. The number of alkyl halides is 3. The minimum absolute atomic E-state index is 0.143. The van der Waals surface area contributed by atoms with Crippen LogP contribution in [-0.2, 0) is 10.9 Å². The van der Waals surface area contributed by atoms with Gasteiger partial charge in [0.2, 0.25) is 5.88 Å². The number of hydrogen-bond donors (Lipinski definition) is 1. The van der Waals surface area contributed by atoms with Gasteiger partial charge >= 0.3 is 6.18 Å². The fraction of sp³-hybridized carbons (Fsp3) is 0.529. The lowest BCUT2D eigenvalue weighted by Gasteiger charge is -2.29. The first-order chi connectivity index (χ1) is 13.8. The molecule has 29 heavy (non-hydrogen) atoms. The number of ether oxygens (including phenoxy) is 2. The highest BCUT2D eigenvalue weighted by Gasteiger charge is 2.41. The Morgan fingerprint density at radius 1 is 1.31 bits per heavy atom. The predicted octanol–water partition coefficient (Wildman–Crippen LogP) is 1.14. The Morgan fingerprint density at radius 2 is 2.03 bits per heavy atom. The molecule has 0 aromatic carbocycles. The third-order valence-corrected chi connectivity index (χ3v) is 4.35. The van der Waals surface area contributed by atoms with Gasteiger partial charge in [0, 0.05) is 31.7 Å². The Balaban J connectivity index is 1.80. The summed E-state index contributed by atoms with van der Waals surface area (Å²) in [6, 6.07) is 2.27. The topological polar surface area (TPSA) is 94.4 Å². The average molecular weight is 414 g/mol. The third kappa shape index (κ3) is 5.01. The maximum atomic E-state index is 13.7. The van der Waals surface area contributed by atoms with Crippen LogP contribution in [0.25, 0.3) is 5.82 Å². The highest BCUT2D eigenvalue weighted by molar-refractivity contribution is 5.95. The van der Waals surface area contributed by atoms with E-state index in [1.54, 1.807) is 6.92 Å². The Kier molecular flexibility index (Phi) is 6.33. The molecule has 0 aliphatic carbocycles. The van der Waals surface area contributed by atoms with Crippen LogP contribution in [0.15, 0.2) is 18.3 Å². The van der Waals surface area contributed by atoms with E-state index in [4.69, 9.17) is 9.47 Å². The summed E-state index contributed by atoms with van der Waals surface area (Å²) in [5, 5.41) is 13.7. The standard InChI is InChI=1S/C17H21F3N6O3/c1-11(10-25-5-7-29-8-6-25)22-16(27)12-9-21-26(15(12)17(18,19)20)13-3-4-14(28-2)24-23-13/h3-4,9,11H,5-8,10H2,1-2H3,(H,22,27). The van der Waals surface area contributed by atoms with Gasteiger partial charge in [0.25, 0.3) is 5.91 Å². The van der Waals surface area contributed by atoms with E-state index in [0.717, 1.165) is 6.20 Å². The summed E-state index contributed by atoms with van der Waals surface area (Å²) >= 11 is 0. The van der Waals surface area contributed by atoms with Crippen molar-refractivity contribution in [3.63, 3.8) is 0 Å². The zero-order valence-electron chi connectivity index (χ0n) is 15.9. The van der Waals surface area contributed by atoms with Gasteiger partial charge < -0.3 is 14.8 Å². The number of carbonyl (C=O) groups excluding carboxylic acids is 1. The van der Waals surface area contributed by atoms with Gasteiger partial charge in [-0.3, -0.25) is 9.69 Å². The van der Waals surface area contributed by atoms with E-state index in [0.29, 0.717) is 37.5 Å². The lowest BCUT2D eigenvalue weighted by molar-refractivity contribution is -0.143. The molecule has 1 amide bonds. The Morgan fingerprint density at radius 3 is 2.62 bits per heavy atom. The normalized spacial score (nSPS) is 16.4. The second-order valence-corrected chi connectivity index (χ2v) is 6.54. The van der Waals surface area contributed by atoms with Gasteiger partial charge in [-0.25, -0.2) is 4.68 Å². The summed E-state index contributed by atoms with van der Waals surface area (Å²) in [6.45, 7) is 4.85. The van der Waals surface area contributed by atoms with Crippen molar-refractivity contribution in [3.8, 4) is 11.7 Å². The minimum atomic E-state index is -4.82. The quantitative estimate of drug-likeness (QED) is 0.758. The number of aromatic nitrogens is 4. The number of amides is 1. The fourth-order valence-electron chi connectivity index (χ4n) is 3.01. The van der Waals surface area contributed by atoms with E-state index in [9.17, 15) is 18.0 Å². The van der Waals surface area contributed by atoms with E-state index in [-0.39, 0.29) is 17.7 Å². The van der Waals surface area contributed by atoms with Crippen LogP contribution < -0.4 is 10.1 Å². The van der Waals surface area contributed by atoms with Gasteiger partial charge in [-0.05, 0) is 13.0 Å². The molecule has 12 heteroatoms. The van der Waals surface area contributed by atoms with Crippen LogP contribution in [0.5, 0.6) is 5.88 Å². The highest BCUT2D eigenvalue weighted by Crippen LogP contribution is 2.33. The SMILES string of the molecule is COc1ccc(-n2ncc(C(=O)NC(C)CN3CCOCC3)c2C(F)(F)F)nn1. The van der Waals surface area contributed by atoms with Gasteiger partial charge in [0.15, 0.2) is 11.5 Å². The van der Waals surface area contributed by atoms with Crippen molar-refractivity contribution >= 4 is 5.91 Å². The van der Waals surface area contributed by atoms with Crippen LogP contribution in [0, 0.1) is 0 Å². The molecule has 158 valence electrons. The van der Waals surface area contributed by atoms with E-state index < -0.39 is 23.3 Å². The molecule has 1 fully saturated rings. The molecule has 1 saturated heterocycles. The monoisotopic (exact) mass is 414 g/mol. The second kappa shape index (κ2) is 8.74. The molecular weight excluding hydrogens is 393 g/mol. The molecule has 1 unspecified atom stereocenters. The number of morpholine rings is 1. The average Bonchev–Trinajstić information content (AvgIpc) is 3.14. The lowest BCUT2D eigenvalue weighted by atomic mass is 10.2. The predicted molar refractivity (Wildman–Crippen MR) is 94.9 cm³/mol. The summed E-state index contributed by atoms with van der Waals surface area (Å²) in [5.41, 5.74) is -1.79. The van der Waals surface area contributed by atoms with Crippen molar-refractivity contribution in [1.82, 2.24) is 30.2 Å². The largest absolute Gasteiger partial charge is 0.480 e. The number of rotatable bonds is 6. The summed E-state index contributed by atoms with van der Waals surface area (Å²) in [7, 11) is 1.36. The molecule has 9 nitrogen and oxygen atoms in total. The van der Waals surface area contributed by atoms with Crippen molar-refractivity contribution in [2.24, 2.45) is 0 Å². The maximum absolute atomic E-state index is 13.7. The van der Waals surface area contributed by atoms with E-state index >= 15 is 0 Å². The van der Waals surface area contributed by atoms with Gasteiger partial charge in [-0.1, -0.05) is 0 Å². The van der Waals surface area contributed by atoms with Crippen molar-refractivity contribution in [1.29, 1.82) is 0 Å². The molecule has 2 aromatic heterocycles. The molecule has 1 aliphatic rings. The number of carbonyl (C=O) groups is 1. The zero-order chi connectivity index (χ0) is 21.0. The molecule has 3 heterocycles. The molecule has 0 radical (unpaired) electrons. The molecule has 0 bridgehead atoms. The van der Waals surface area contributed by atoms with E-state index in [1.165, 1.54) is 19.2 Å². The molecule has 3 rings (SSSR count). The Bertz CT molecular complexity index is 834. The Labute approximate surface area is 164 Å². The summed E-state index contributed by atoms with van der Waals surface area (Å²) in [6.07, 6.45) is -3.94. The van der Waals surface area contributed by atoms with Crippen LogP contribution in [0.4, 0.5) is 13.2 Å². The van der Waals surface area contributed by atoms with Crippen molar-refractivity contribution in [2.75, 3.05) is 40.0 Å². The molecule has 0 saturated carbocycles. The van der Waals surface area contributed by atoms with Crippen molar-refractivity contribution in [3.05, 3.63) is 29.6 Å². The highest BCUT2D eigenvalue weighted by atomic mass is 19.4. The van der Waals surface area contributed by atoms with E-state index in [1.807, 2.05) is 0 Å². The summed E-state index contributed by atoms with van der Waals surface area (Å²) < 4.78 is 51.8.